The zero-order chi connectivity index (χ0) is 19.6. The maximum Gasteiger partial charge on any atom is 0.407 e. The highest BCUT2D eigenvalue weighted by molar-refractivity contribution is 5.69. The van der Waals surface area contributed by atoms with Gasteiger partial charge in [-0.2, -0.15) is 4.39 Å². The summed E-state index contributed by atoms with van der Waals surface area (Å²) in [7, 11) is 0. The van der Waals surface area contributed by atoms with Crippen LogP contribution in [0.2, 0.25) is 0 Å². The Bertz CT molecular complexity index is 832. The number of alkyl carbamates (subject to hydrolysis) is 1. The van der Waals surface area contributed by atoms with Gasteiger partial charge in [-0.05, 0) is 57.9 Å². The van der Waals surface area contributed by atoms with Gasteiger partial charge < -0.3 is 14.8 Å². The molecule has 1 aliphatic rings. The van der Waals surface area contributed by atoms with E-state index in [0.717, 1.165) is 17.5 Å². The molecule has 27 heavy (non-hydrogen) atoms. The van der Waals surface area contributed by atoms with Gasteiger partial charge in [0.15, 0.2) is 0 Å². The van der Waals surface area contributed by atoms with Gasteiger partial charge in [-0.3, -0.25) is 0 Å². The predicted octanol–water partition coefficient (Wildman–Crippen LogP) is 4.49. The van der Waals surface area contributed by atoms with Crippen molar-refractivity contribution in [1.82, 2.24) is 10.3 Å². The number of pyridine rings is 1. The molecule has 0 saturated heterocycles. The van der Waals surface area contributed by atoms with E-state index in [1.165, 1.54) is 6.20 Å². The van der Waals surface area contributed by atoms with Gasteiger partial charge in [-0.15, -0.1) is 0 Å². The third kappa shape index (κ3) is 5.18. The first kappa shape index (κ1) is 19.1. The summed E-state index contributed by atoms with van der Waals surface area (Å²) < 4.78 is 24.9. The number of amides is 1. The summed E-state index contributed by atoms with van der Waals surface area (Å²) in [4.78, 5) is 15.6. The van der Waals surface area contributed by atoms with E-state index in [9.17, 15) is 9.18 Å². The third-order valence-corrected chi connectivity index (χ3v) is 4.28. The molecule has 1 fully saturated rings. The van der Waals surface area contributed by atoms with E-state index in [1.54, 1.807) is 12.1 Å². The summed E-state index contributed by atoms with van der Waals surface area (Å²) in [6.07, 6.45) is 1.82. The molecule has 6 heteroatoms. The van der Waals surface area contributed by atoms with Crippen LogP contribution in [0.5, 0.6) is 5.75 Å². The topological polar surface area (TPSA) is 60.5 Å². The molecule has 1 aromatic carbocycles. The number of rotatable bonds is 5. The van der Waals surface area contributed by atoms with Gasteiger partial charge in [0, 0.05) is 23.7 Å². The van der Waals surface area contributed by atoms with Gasteiger partial charge in [0.2, 0.25) is 5.95 Å². The first-order valence-electron chi connectivity index (χ1n) is 9.05. The molecule has 5 nitrogen and oxygen atoms in total. The third-order valence-electron chi connectivity index (χ3n) is 4.28. The SMILES string of the molecule is Cc1ccc(OCc2cccnc2F)c(C2CC2NC(=O)OC(C)(C)C)c1. The molecule has 1 saturated carbocycles. The Morgan fingerprint density at radius 1 is 1.33 bits per heavy atom. The molecule has 0 bridgehead atoms. The van der Waals surface area contributed by atoms with Gasteiger partial charge in [-0.25, -0.2) is 9.78 Å². The van der Waals surface area contributed by atoms with Crippen LogP contribution in [-0.2, 0) is 11.3 Å². The molecule has 2 atom stereocenters. The maximum atomic E-state index is 13.7. The van der Waals surface area contributed by atoms with E-state index < -0.39 is 17.6 Å². The number of aryl methyl sites for hydroxylation is 1. The minimum absolute atomic E-state index is 0.0131. The van der Waals surface area contributed by atoms with Gasteiger partial charge in [0.25, 0.3) is 0 Å². The van der Waals surface area contributed by atoms with Crippen LogP contribution in [0.25, 0.3) is 0 Å². The highest BCUT2D eigenvalue weighted by Crippen LogP contribution is 2.45. The van der Waals surface area contributed by atoms with Gasteiger partial charge in [0.1, 0.15) is 18.0 Å². The fourth-order valence-electron chi connectivity index (χ4n) is 2.93. The van der Waals surface area contributed by atoms with Crippen molar-refractivity contribution in [3.63, 3.8) is 0 Å². The Labute approximate surface area is 158 Å². The number of benzene rings is 1. The summed E-state index contributed by atoms with van der Waals surface area (Å²) in [5, 5.41) is 2.90. The number of carbonyl (C=O) groups is 1. The minimum atomic E-state index is -0.528. The molecule has 1 heterocycles. The molecular formula is C21H25FN2O3. The predicted molar refractivity (Wildman–Crippen MR) is 100 cm³/mol. The summed E-state index contributed by atoms with van der Waals surface area (Å²) in [5.74, 6) is 0.329. The van der Waals surface area contributed by atoms with Crippen molar-refractivity contribution in [3.05, 3.63) is 59.2 Å². The van der Waals surface area contributed by atoms with Crippen LogP contribution in [0.1, 0.15) is 49.8 Å². The number of aromatic nitrogens is 1. The normalized spacial score (nSPS) is 18.7. The lowest BCUT2D eigenvalue weighted by atomic mass is 10.1. The Morgan fingerprint density at radius 3 is 2.81 bits per heavy atom. The first-order valence-corrected chi connectivity index (χ1v) is 9.05. The fraction of sp³-hybridized carbons (Fsp3) is 0.429. The van der Waals surface area contributed by atoms with Crippen molar-refractivity contribution in [2.75, 3.05) is 0 Å². The van der Waals surface area contributed by atoms with Gasteiger partial charge in [-0.1, -0.05) is 17.7 Å². The zero-order valence-corrected chi connectivity index (χ0v) is 16.1. The van der Waals surface area contributed by atoms with Crippen LogP contribution in [-0.4, -0.2) is 22.7 Å². The zero-order valence-electron chi connectivity index (χ0n) is 16.1. The molecule has 0 radical (unpaired) electrons. The molecule has 144 valence electrons. The fourth-order valence-corrected chi connectivity index (χ4v) is 2.93. The van der Waals surface area contributed by atoms with Crippen LogP contribution in [0, 0.1) is 12.9 Å². The molecular weight excluding hydrogens is 347 g/mol. The number of nitrogens with one attached hydrogen (secondary N) is 1. The summed E-state index contributed by atoms with van der Waals surface area (Å²) in [5.41, 5.74) is 2.00. The number of hydrogen-bond donors (Lipinski definition) is 1. The molecule has 1 aromatic heterocycles. The van der Waals surface area contributed by atoms with Gasteiger partial charge >= 0.3 is 6.09 Å². The Morgan fingerprint density at radius 2 is 2.11 bits per heavy atom. The first-order chi connectivity index (χ1) is 12.7. The van der Waals surface area contributed by atoms with E-state index in [-0.39, 0.29) is 18.6 Å². The Hall–Kier alpha value is -2.63. The maximum absolute atomic E-state index is 13.7. The number of nitrogens with zero attached hydrogens (tertiary/aromatic N) is 1. The Balaban J connectivity index is 1.67. The quantitative estimate of drug-likeness (QED) is 0.786. The van der Waals surface area contributed by atoms with Crippen molar-refractivity contribution in [1.29, 1.82) is 0 Å². The molecule has 1 N–H and O–H groups in total. The summed E-state index contributed by atoms with van der Waals surface area (Å²) >= 11 is 0. The van der Waals surface area contributed by atoms with Crippen LogP contribution < -0.4 is 10.1 Å². The summed E-state index contributed by atoms with van der Waals surface area (Å²) in [6.45, 7) is 7.61. The second kappa shape index (κ2) is 7.55. The smallest absolute Gasteiger partial charge is 0.407 e. The summed E-state index contributed by atoms with van der Waals surface area (Å²) in [6, 6.07) is 9.24. The van der Waals surface area contributed by atoms with Crippen molar-refractivity contribution in [3.8, 4) is 5.75 Å². The van der Waals surface area contributed by atoms with Crippen LogP contribution in [0.3, 0.4) is 0 Å². The molecule has 3 rings (SSSR count). The second-order valence-corrected chi connectivity index (χ2v) is 7.88. The number of ether oxygens (including phenoxy) is 2. The van der Waals surface area contributed by atoms with Crippen molar-refractivity contribution < 1.29 is 18.7 Å². The number of hydrogen-bond acceptors (Lipinski definition) is 4. The highest BCUT2D eigenvalue weighted by Gasteiger charge is 2.42. The van der Waals surface area contributed by atoms with Crippen molar-refractivity contribution in [2.24, 2.45) is 0 Å². The molecule has 1 aliphatic carbocycles. The van der Waals surface area contributed by atoms with E-state index in [0.29, 0.717) is 11.3 Å². The van der Waals surface area contributed by atoms with Gasteiger partial charge in [0.05, 0.1) is 0 Å². The lowest BCUT2D eigenvalue weighted by Gasteiger charge is -2.20. The van der Waals surface area contributed by atoms with Crippen molar-refractivity contribution >= 4 is 6.09 Å². The van der Waals surface area contributed by atoms with Crippen LogP contribution in [0.4, 0.5) is 9.18 Å². The average molecular weight is 372 g/mol. The highest BCUT2D eigenvalue weighted by atomic mass is 19.1. The van der Waals surface area contributed by atoms with Crippen LogP contribution in [0.15, 0.2) is 36.5 Å². The van der Waals surface area contributed by atoms with Crippen LogP contribution >= 0.6 is 0 Å². The molecule has 0 spiro atoms. The lowest BCUT2D eigenvalue weighted by molar-refractivity contribution is 0.0522. The van der Waals surface area contributed by atoms with E-state index >= 15 is 0 Å². The van der Waals surface area contributed by atoms with Crippen molar-refractivity contribution in [2.45, 2.75) is 58.3 Å². The standard InChI is InChI=1S/C21H25FN2O3/c1-13-7-8-18(26-12-14-6-5-9-23-19(14)22)16(10-13)15-11-17(15)24-20(25)27-21(2,3)4/h5-10,15,17H,11-12H2,1-4H3,(H,24,25). The average Bonchev–Trinajstić information content (AvgIpc) is 3.32. The van der Waals surface area contributed by atoms with E-state index in [2.05, 4.69) is 16.4 Å². The number of carbonyl (C=O) groups excluding carboxylic acids is 1. The largest absolute Gasteiger partial charge is 0.488 e. The lowest BCUT2D eigenvalue weighted by Crippen LogP contribution is -2.34. The van der Waals surface area contributed by atoms with E-state index in [4.69, 9.17) is 9.47 Å². The molecule has 1 amide bonds. The second-order valence-electron chi connectivity index (χ2n) is 7.88. The Kier molecular flexibility index (Phi) is 5.35. The molecule has 2 aromatic rings. The molecule has 0 aliphatic heterocycles. The number of halogens is 1. The molecule has 2 unspecified atom stereocenters. The minimum Gasteiger partial charge on any atom is -0.488 e. The van der Waals surface area contributed by atoms with E-state index in [1.807, 2.05) is 39.8 Å². The monoisotopic (exact) mass is 372 g/mol.